The Morgan fingerprint density at radius 2 is 2.13 bits per heavy atom. The fraction of sp³-hybridized carbons (Fsp3) is 0.375. The lowest BCUT2D eigenvalue weighted by atomic mass is 10.2. The maximum atomic E-state index is 13.9. The summed E-state index contributed by atoms with van der Waals surface area (Å²) in [5.41, 5.74) is 2.86. The summed E-state index contributed by atoms with van der Waals surface area (Å²) in [6.45, 7) is 7.72. The smallest absolute Gasteiger partial charge is 0.412 e. The van der Waals surface area contributed by atoms with E-state index in [1.807, 2.05) is 6.92 Å². The highest BCUT2D eigenvalue weighted by Gasteiger charge is 2.16. The van der Waals surface area contributed by atoms with E-state index in [1.165, 1.54) is 29.5 Å². The lowest BCUT2D eigenvalue weighted by Gasteiger charge is -2.20. The molecule has 0 atom stereocenters. The molecule has 2 rings (SSSR count). The van der Waals surface area contributed by atoms with Crippen molar-refractivity contribution < 1.29 is 13.9 Å². The number of hydrogen-bond acceptors (Lipinski definition) is 5. The van der Waals surface area contributed by atoms with Crippen LogP contribution in [0, 0.1) is 12.7 Å². The molecule has 7 heteroatoms. The lowest BCUT2D eigenvalue weighted by Crippen LogP contribution is -2.27. The number of benzene rings is 1. The van der Waals surface area contributed by atoms with Gasteiger partial charge in [-0.1, -0.05) is 0 Å². The molecule has 5 nitrogen and oxygen atoms in total. The molecule has 0 unspecified atom stereocenters. The van der Waals surface area contributed by atoms with Gasteiger partial charge in [-0.2, -0.15) is 0 Å². The van der Waals surface area contributed by atoms with E-state index in [0.717, 1.165) is 10.6 Å². The number of thiazole rings is 1. The van der Waals surface area contributed by atoms with Gasteiger partial charge >= 0.3 is 6.09 Å². The minimum Gasteiger partial charge on any atom is -0.444 e. The first-order chi connectivity index (χ1) is 10.7. The minimum absolute atomic E-state index is 0.311. The molecule has 1 amide bonds. The summed E-state index contributed by atoms with van der Waals surface area (Å²) >= 11 is 1.51. The van der Waals surface area contributed by atoms with Gasteiger partial charge < -0.3 is 10.1 Å². The van der Waals surface area contributed by atoms with Gasteiger partial charge in [0, 0.05) is 10.6 Å². The molecular weight excluding hydrogens is 317 g/mol. The summed E-state index contributed by atoms with van der Waals surface area (Å²) < 4.78 is 19.1. The van der Waals surface area contributed by atoms with Crippen molar-refractivity contribution in [1.82, 2.24) is 4.98 Å². The predicted octanol–water partition coefficient (Wildman–Crippen LogP) is 4.55. The first-order valence-corrected chi connectivity index (χ1v) is 8.05. The molecule has 2 N–H and O–H groups in total. The number of amides is 1. The standard InChI is InChI=1S/C16H20FN3O2S/c1-10-14(23-9-19-10)8-18-13-7-11(5-6-12(13)17)20-15(21)22-16(2,3)4/h5-7,9,18H,8H2,1-4H3,(H,20,21). The summed E-state index contributed by atoms with van der Waals surface area (Å²) in [4.78, 5) is 16.9. The molecule has 1 heterocycles. The van der Waals surface area contributed by atoms with E-state index in [2.05, 4.69) is 15.6 Å². The highest BCUT2D eigenvalue weighted by Crippen LogP contribution is 2.22. The minimum atomic E-state index is -0.588. The van der Waals surface area contributed by atoms with Crippen LogP contribution in [0.15, 0.2) is 23.7 Å². The molecule has 0 bridgehead atoms. The maximum absolute atomic E-state index is 13.9. The Bertz CT molecular complexity index is 695. The number of aryl methyl sites for hydroxylation is 1. The number of nitrogens with zero attached hydrogens (tertiary/aromatic N) is 1. The van der Waals surface area contributed by atoms with E-state index in [9.17, 15) is 9.18 Å². The summed E-state index contributed by atoms with van der Waals surface area (Å²) in [5, 5.41) is 5.61. The third kappa shape index (κ3) is 5.21. The zero-order valence-corrected chi connectivity index (χ0v) is 14.4. The lowest BCUT2D eigenvalue weighted by molar-refractivity contribution is 0.0636. The molecule has 1 aromatic carbocycles. The molecule has 0 saturated heterocycles. The van der Waals surface area contributed by atoms with Gasteiger partial charge in [-0.3, -0.25) is 5.32 Å². The number of nitrogens with one attached hydrogen (secondary N) is 2. The van der Waals surface area contributed by atoms with E-state index < -0.39 is 11.7 Å². The fourth-order valence-electron chi connectivity index (χ4n) is 1.83. The second kappa shape index (κ2) is 6.95. The van der Waals surface area contributed by atoms with Gasteiger partial charge in [0.15, 0.2) is 0 Å². The molecule has 1 aromatic heterocycles. The van der Waals surface area contributed by atoms with Crippen molar-refractivity contribution in [1.29, 1.82) is 0 Å². The molecule has 0 saturated carbocycles. The molecule has 0 radical (unpaired) electrons. The van der Waals surface area contributed by atoms with Crippen LogP contribution in [0.5, 0.6) is 0 Å². The van der Waals surface area contributed by atoms with E-state index in [4.69, 9.17) is 4.74 Å². The van der Waals surface area contributed by atoms with E-state index in [1.54, 1.807) is 26.3 Å². The van der Waals surface area contributed by atoms with Crippen molar-refractivity contribution in [3.63, 3.8) is 0 Å². The van der Waals surface area contributed by atoms with E-state index in [0.29, 0.717) is 17.9 Å². The van der Waals surface area contributed by atoms with Gasteiger partial charge in [0.2, 0.25) is 0 Å². The van der Waals surface area contributed by atoms with Gasteiger partial charge in [0.05, 0.1) is 23.4 Å². The van der Waals surface area contributed by atoms with Crippen LogP contribution in [0.3, 0.4) is 0 Å². The van der Waals surface area contributed by atoms with Gasteiger partial charge in [-0.15, -0.1) is 11.3 Å². The predicted molar refractivity (Wildman–Crippen MR) is 90.4 cm³/mol. The highest BCUT2D eigenvalue weighted by atomic mass is 32.1. The first kappa shape index (κ1) is 17.2. The molecule has 0 fully saturated rings. The van der Waals surface area contributed by atoms with Crippen LogP contribution in [0.4, 0.5) is 20.6 Å². The molecule has 23 heavy (non-hydrogen) atoms. The number of anilines is 2. The van der Waals surface area contributed by atoms with Crippen molar-refractivity contribution in [2.75, 3.05) is 10.6 Å². The topological polar surface area (TPSA) is 63.2 Å². The van der Waals surface area contributed by atoms with Crippen LogP contribution >= 0.6 is 11.3 Å². The molecule has 124 valence electrons. The maximum Gasteiger partial charge on any atom is 0.412 e. The number of hydrogen-bond donors (Lipinski definition) is 2. The number of carbonyl (C=O) groups excluding carboxylic acids is 1. The van der Waals surface area contributed by atoms with Crippen molar-refractivity contribution in [3.05, 3.63) is 40.1 Å². The Hall–Kier alpha value is -2.15. The SMILES string of the molecule is Cc1ncsc1CNc1cc(NC(=O)OC(C)(C)C)ccc1F. The Balaban J connectivity index is 2.04. The van der Waals surface area contributed by atoms with Crippen LogP contribution in [0.25, 0.3) is 0 Å². The van der Waals surface area contributed by atoms with E-state index >= 15 is 0 Å². The monoisotopic (exact) mass is 337 g/mol. The third-order valence-electron chi connectivity index (χ3n) is 2.90. The largest absolute Gasteiger partial charge is 0.444 e. The van der Waals surface area contributed by atoms with Crippen LogP contribution in [-0.4, -0.2) is 16.7 Å². The van der Waals surface area contributed by atoms with Crippen molar-refractivity contribution in [2.24, 2.45) is 0 Å². The zero-order valence-electron chi connectivity index (χ0n) is 13.6. The summed E-state index contributed by atoms with van der Waals surface area (Å²) in [7, 11) is 0. The Labute approximate surface area is 138 Å². The quantitative estimate of drug-likeness (QED) is 0.859. The van der Waals surface area contributed by atoms with Crippen molar-refractivity contribution >= 4 is 28.8 Å². The Morgan fingerprint density at radius 3 is 2.74 bits per heavy atom. The second-order valence-electron chi connectivity index (χ2n) is 6.04. The Kier molecular flexibility index (Phi) is 5.20. The summed E-state index contributed by atoms with van der Waals surface area (Å²) in [5.74, 6) is -0.387. The third-order valence-corrected chi connectivity index (χ3v) is 3.83. The van der Waals surface area contributed by atoms with Gasteiger partial charge in [-0.25, -0.2) is 14.2 Å². The first-order valence-electron chi connectivity index (χ1n) is 7.17. The summed E-state index contributed by atoms with van der Waals surface area (Å²) in [6, 6.07) is 4.33. The summed E-state index contributed by atoms with van der Waals surface area (Å²) in [6.07, 6.45) is -0.576. The van der Waals surface area contributed by atoms with Crippen LogP contribution in [-0.2, 0) is 11.3 Å². The van der Waals surface area contributed by atoms with Crippen molar-refractivity contribution in [2.45, 2.75) is 39.8 Å². The normalized spacial score (nSPS) is 11.2. The fourth-order valence-corrected chi connectivity index (χ4v) is 2.55. The Morgan fingerprint density at radius 1 is 1.39 bits per heavy atom. The molecule has 0 aliphatic heterocycles. The number of halogens is 1. The highest BCUT2D eigenvalue weighted by molar-refractivity contribution is 7.09. The van der Waals surface area contributed by atoms with Crippen LogP contribution < -0.4 is 10.6 Å². The molecular formula is C16H20FN3O2S. The molecule has 0 aliphatic carbocycles. The second-order valence-corrected chi connectivity index (χ2v) is 6.98. The van der Waals surface area contributed by atoms with E-state index in [-0.39, 0.29) is 5.82 Å². The van der Waals surface area contributed by atoms with Crippen molar-refractivity contribution in [3.8, 4) is 0 Å². The molecule has 2 aromatic rings. The average molecular weight is 337 g/mol. The van der Waals surface area contributed by atoms with Gasteiger partial charge in [0.25, 0.3) is 0 Å². The van der Waals surface area contributed by atoms with Gasteiger partial charge in [0.1, 0.15) is 11.4 Å². The van der Waals surface area contributed by atoms with Gasteiger partial charge in [-0.05, 0) is 45.9 Å². The number of rotatable bonds is 4. The van der Waals surface area contributed by atoms with Crippen LogP contribution in [0.1, 0.15) is 31.3 Å². The number of carbonyl (C=O) groups is 1. The van der Waals surface area contributed by atoms with Crippen LogP contribution in [0.2, 0.25) is 0 Å². The average Bonchev–Trinajstić information content (AvgIpc) is 2.83. The zero-order chi connectivity index (χ0) is 17.0. The number of aromatic nitrogens is 1. The number of ether oxygens (including phenoxy) is 1. The molecule has 0 spiro atoms. The molecule has 0 aliphatic rings.